The molecule has 1 aliphatic heterocycles. The van der Waals surface area contributed by atoms with E-state index in [9.17, 15) is 9.59 Å². The van der Waals surface area contributed by atoms with Gasteiger partial charge in [-0.15, -0.1) is 0 Å². The zero-order valence-electron chi connectivity index (χ0n) is 12.4. The largest absolute Gasteiger partial charge is 0.381 e. The predicted octanol–water partition coefficient (Wildman–Crippen LogP) is 2.12. The molecule has 1 heterocycles. The molecule has 1 aromatic rings. The van der Waals surface area contributed by atoms with Gasteiger partial charge in [0.25, 0.3) is 5.91 Å². The van der Waals surface area contributed by atoms with Crippen molar-refractivity contribution in [2.45, 2.75) is 32.6 Å². The second kappa shape index (κ2) is 7.78. The van der Waals surface area contributed by atoms with Crippen molar-refractivity contribution in [3.63, 3.8) is 0 Å². The molecule has 0 radical (unpaired) electrons. The lowest BCUT2D eigenvalue weighted by Crippen LogP contribution is -2.25. The summed E-state index contributed by atoms with van der Waals surface area (Å²) >= 11 is 0. The maximum absolute atomic E-state index is 12.0. The van der Waals surface area contributed by atoms with Gasteiger partial charge >= 0.3 is 0 Å². The van der Waals surface area contributed by atoms with E-state index in [0.717, 1.165) is 37.1 Å². The molecule has 5 nitrogen and oxygen atoms in total. The summed E-state index contributed by atoms with van der Waals surface area (Å²) in [6.45, 7) is 4.17. The number of amides is 2. The molecule has 0 atom stereocenters. The van der Waals surface area contributed by atoms with Gasteiger partial charge in [0.2, 0.25) is 5.91 Å². The molecular weight excluding hydrogens is 268 g/mol. The first kappa shape index (κ1) is 15.5. The molecule has 5 heteroatoms. The van der Waals surface area contributed by atoms with Crippen molar-refractivity contribution < 1.29 is 14.3 Å². The van der Waals surface area contributed by atoms with Gasteiger partial charge in [0, 0.05) is 31.0 Å². The molecule has 1 aromatic carbocycles. The predicted molar refractivity (Wildman–Crippen MR) is 81.5 cm³/mol. The normalized spacial score (nSPS) is 12.9. The average molecular weight is 290 g/mol. The van der Waals surface area contributed by atoms with Gasteiger partial charge in [-0.1, -0.05) is 19.4 Å². The van der Waals surface area contributed by atoms with E-state index in [1.807, 2.05) is 6.07 Å². The van der Waals surface area contributed by atoms with Gasteiger partial charge in [-0.25, -0.2) is 0 Å². The lowest BCUT2D eigenvalue weighted by atomic mass is 10.1. The topological polar surface area (TPSA) is 67.4 Å². The van der Waals surface area contributed by atoms with Crippen molar-refractivity contribution in [3.8, 4) is 0 Å². The quantitative estimate of drug-likeness (QED) is 0.721. The minimum absolute atomic E-state index is 0.0215. The summed E-state index contributed by atoms with van der Waals surface area (Å²) in [6, 6.07) is 5.31. The van der Waals surface area contributed by atoms with E-state index >= 15 is 0 Å². The Hall–Kier alpha value is -1.88. The molecule has 0 spiro atoms. The van der Waals surface area contributed by atoms with Crippen molar-refractivity contribution in [3.05, 3.63) is 29.3 Å². The average Bonchev–Trinajstić information content (AvgIpc) is 2.85. The minimum Gasteiger partial charge on any atom is -0.381 e. The van der Waals surface area contributed by atoms with E-state index in [0.29, 0.717) is 25.1 Å². The second-order valence-corrected chi connectivity index (χ2v) is 5.17. The van der Waals surface area contributed by atoms with Crippen LogP contribution in [0.3, 0.4) is 0 Å². The van der Waals surface area contributed by atoms with Gasteiger partial charge < -0.3 is 15.4 Å². The van der Waals surface area contributed by atoms with E-state index in [2.05, 4.69) is 17.6 Å². The maximum atomic E-state index is 12.0. The maximum Gasteiger partial charge on any atom is 0.251 e. The number of anilines is 1. The monoisotopic (exact) mass is 290 g/mol. The third-order valence-corrected chi connectivity index (χ3v) is 3.39. The van der Waals surface area contributed by atoms with Gasteiger partial charge in [0.05, 0.1) is 6.42 Å². The van der Waals surface area contributed by atoms with Crippen molar-refractivity contribution >= 4 is 17.5 Å². The fourth-order valence-electron chi connectivity index (χ4n) is 2.18. The van der Waals surface area contributed by atoms with Crippen molar-refractivity contribution in [2.75, 3.05) is 25.1 Å². The fourth-order valence-corrected chi connectivity index (χ4v) is 2.18. The van der Waals surface area contributed by atoms with Crippen LogP contribution in [0.25, 0.3) is 0 Å². The minimum atomic E-state index is -0.118. The van der Waals surface area contributed by atoms with Gasteiger partial charge in [0.15, 0.2) is 0 Å². The highest BCUT2D eigenvalue weighted by Gasteiger charge is 2.18. The molecule has 0 bridgehead atoms. The van der Waals surface area contributed by atoms with Crippen LogP contribution in [0.1, 0.15) is 42.1 Å². The summed E-state index contributed by atoms with van der Waals surface area (Å²) in [5, 5.41) is 5.61. The Morgan fingerprint density at radius 3 is 2.95 bits per heavy atom. The zero-order valence-corrected chi connectivity index (χ0v) is 12.4. The summed E-state index contributed by atoms with van der Waals surface area (Å²) < 4.78 is 5.44. The zero-order chi connectivity index (χ0) is 15.1. The Kier molecular flexibility index (Phi) is 5.75. The Balaban J connectivity index is 1.72. The third-order valence-electron chi connectivity index (χ3n) is 3.39. The standard InChI is InChI=1S/C16H22N2O3/c1-2-3-8-21-9-4-7-17-16(20)13-6-5-12-11-15(19)18-14(12)10-13/h5-6,10H,2-4,7-9,11H2,1H3,(H,17,20)(H,18,19). The lowest BCUT2D eigenvalue weighted by Gasteiger charge is -2.07. The van der Waals surface area contributed by atoms with Crippen LogP contribution in [0.5, 0.6) is 0 Å². The van der Waals surface area contributed by atoms with Crippen molar-refractivity contribution in [1.82, 2.24) is 5.32 Å². The molecule has 0 unspecified atom stereocenters. The molecule has 114 valence electrons. The van der Waals surface area contributed by atoms with E-state index in [1.165, 1.54) is 0 Å². The highest BCUT2D eigenvalue weighted by Crippen LogP contribution is 2.23. The number of unbranched alkanes of at least 4 members (excludes halogenated alkanes) is 1. The van der Waals surface area contributed by atoms with Gasteiger partial charge in [-0.05, 0) is 30.5 Å². The number of carbonyl (C=O) groups excluding carboxylic acids is 2. The Labute approximate surface area is 125 Å². The van der Waals surface area contributed by atoms with Gasteiger partial charge in [-0.2, -0.15) is 0 Å². The van der Waals surface area contributed by atoms with Crippen LogP contribution in [0.4, 0.5) is 5.69 Å². The Morgan fingerprint density at radius 2 is 2.14 bits per heavy atom. The molecular formula is C16H22N2O3. The smallest absolute Gasteiger partial charge is 0.251 e. The first-order valence-corrected chi connectivity index (χ1v) is 7.49. The number of nitrogens with one attached hydrogen (secondary N) is 2. The van der Waals surface area contributed by atoms with Crippen LogP contribution in [-0.4, -0.2) is 31.6 Å². The van der Waals surface area contributed by atoms with Crippen LogP contribution in [0.2, 0.25) is 0 Å². The van der Waals surface area contributed by atoms with Crippen LogP contribution >= 0.6 is 0 Å². The fraction of sp³-hybridized carbons (Fsp3) is 0.500. The first-order chi connectivity index (χ1) is 10.2. The van der Waals surface area contributed by atoms with Crippen molar-refractivity contribution in [2.24, 2.45) is 0 Å². The molecule has 0 saturated heterocycles. The number of ether oxygens (including phenoxy) is 1. The summed E-state index contributed by atoms with van der Waals surface area (Å²) in [4.78, 5) is 23.3. The number of fused-ring (bicyclic) bond motifs is 1. The number of benzene rings is 1. The number of hydrogen-bond donors (Lipinski definition) is 2. The summed E-state index contributed by atoms with van der Waals surface area (Å²) in [5.41, 5.74) is 2.26. The van der Waals surface area contributed by atoms with E-state index in [-0.39, 0.29) is 11.8 Å². The van der Waals surface area contributed by atoms with Crippen LogP contribution < -0.4 is 10.6 Å². The third kappa shape index (κ3) is 4.56. The molecule has 0 saturated carbocycles. The molecule has 0 fully saturated rings. The number of carbonyl (C=O) groups is 2. The van der Waals surface area contributed by atoms with Crippen molar-refractivity contribution in [1.29, 1.82) is 0 Å². The van der Waals surface area contributed by atoms with Crippen LogP contribution in [0.15, 0.2) is 18.2 Å². The van der Waals surface area contributed by atoms with Crippen LogP contribution in [-0.2, 0) is 16.0 Å². The number of hydrogen-bond acceptors (Lipinski definition) is 3. The van der Waals surface area contributed by atoms with Gasteiger partial charge in [0.1, 0.15) is 0 Å². The highest BCUT2D eigenvalue weighted by atomic mass is 16.5. The van der Waals surface area contributed by atoms with Crippen LogP contribution in [0, 0.1) is 0 Å². The molecule has 1 aliphatic rings. The summed E-state index contributed by atoms with van der Waals surface area (Å²) in [7, 11) is 0. The molecule has 21 heavy (non-hydrogen) atoms. The molecule has 2 amide bonds. The first-order valence-electron chi connectivity index (χ1n) is 7.49. The lowest BCUT2D eigenvalue weighted by molar-refractivity contribution is -0.115. The molecule has 2 rings (SSSR count). The Bertz CT molecular complexity index is 514. The highest BCUT2D eigenvalue weighted by molar-refractivity contribution is 6.02. The summed E-state index contributed by atoms with van der Waals surface area (Å²) in [5.74, 6) is -0.140. The number of rotatable bonds is 8. The second-order valence-electron chi connectivity index (χ2n) is 5.17. The summed E-state index contributed by atoms with van der Waals surface area (Å²) in [6.07, 6.45) is 3.41. The molecule has 0 aromatic heterocycles. The van der Waals surface area contributed by atoms with E-state index < -0.39 is 0 Å². The van der Waals surface area contributed by atoms with E-state index in [4.69, 9.17) is 4.74 Å². The Morgan fingerprint density at radius 1 is 1.33 bits per heavy atom. The SMILES string of the molecule is CCCCOCCCNC(=O)c1ccc2c(c1)NC(=O)C2. The van der Waals surface area contributed by atoms with Gasteiger partial charge in [-0.3, -0.25) is 9.59 Å². The molecule has 0 aliphatic carbocycles. The van der Waals surface area contributed by atoms with E-state index in [1.54, 1.807) is 12.1 Å². The molecule has 2 N–H and O–H groups in total.